The van der Waals surface area contributed by atoms with Crippen molar-refractivity contribution in [3.05, 3.63) is 66.3 Å². The van der Waals surface area contributed by atoms with Crippen molar-refractivity contribution in [3.8, 4) is 11.6 Å². The van der Waals surface area contributed by atoms with Crippen LogP contribution in [0.25, 0.3) is 10.8 Å². The molecule has 302 valence electrons. The van der Waals surface area contributed by atoms with E-state index in [2.05, 4.69) is 26.9 Å². The molecule has 3 aromatic rings. The monoisotopic (exact) mass is 830 g/mol. The molecule has 2 aromatic carbocycles. The summed E-state index contributed by atoms with van der Waals surface area (Å²) in [7, 11) is -3.37. The molecule has 0 bridgehead atoms. The first-order valence-corrected chi connectivity index (χ1v) is 21.5. The van der Waals surface area contributed by atoms with E-state index in [0.29, 0.717) is 40.1 Å². The number of carbonyl (C=O) groups is 3. The summed E-state index contributed by atoms with van der Waals surface area (Å²) in [5, 5.41) is 7.00. The lowest BCUT2D eigenvalue weighted by Crippen LogP contribution is -2.58. The summed E-state index contributed by atoms with van der Waals surface area (Å²) >= 11 is 6.35. The fourth-order valence-corrected chi connectivity index (χ4v) is 9.40. The van der Waals surface area contributed by atoms with Crippen LogP contribution in [0.15, 0.2) is 66.2 Å². The Balaban J connectivity index is 1.34. The third-order valence-electron chi connectivity index (χ3n) is 10.4. The first-order chi connectivity index (χ1) is 26.2. The van der Waals surface area contributed by atoms with Gasteiger partial charge in [0.25, 0.3) is 5.91 Å². The number of pyridine rings is 1. The van der Waals surface area contributed by atoms with Gasteiger partial charge in [-0.3, -0.25) is 19.1 Å². The summed E-state index contributed by atoms with van der Waals surface area (Å²) in [5.41, 5.74) is -2.00. The smallest absolute Gasteiger partial charge is 0.259 e. The first kappa shape index (κ1) is 41.2. The fraction of sp³-hybridized carbons (Fsp3) is 0.474. The Kier molecular flexibility index (Phi) is 11.1. The number of nitrogens with zero attached hydrogens (tertiary/aromatic N) is 3. The van der Waals surface area contributed by atoms with Crippen molar-refractivity contribution < 1.29 is 40.7 Å². The van der Waals surface area contributed by atoms with Gasteiger partial charge in [-0.05, 0) is 61.1 Å². The molecule has 1 aliphatic heterocycles. The molecular formula is C38H47ClN6O9S2. The molecule has 6 rings (SSSR count). The maximum Gasteiger partial charge on any atom is 0.259 e. The van der Waals surface area contributed by atoms with Crippen LogP contribution in [0.5, 0.6) is 11.6 Å². The SMILES string of the molecule is C=C[C@@H]1C[C@]1(NC(=O)[C@@H]1C[C@@H](Oc2ncc(OC)c3ccc(Cl)cc23)CN1C(=O)[C@@H](Nc1cccc(S(=O)(=O)N(C)C)c1)C(C)(C)C)C(=O)NS(=O)(=O)C1CC1. The van der Waals surface area contributed by atoms with Crippen molar-refractivity contribution in [2.45, 2.75) is 80.3 Å². The van der Waals surface area contributed by atoms with Crippen LogP contribution >= 0.6 is 11.6 Å². The van der Waals surface area contributed by atoms with Gasteiger partial charge in [-0.15, -0.1) is 6.58 Å². The summed E-state index contributed by atoms with van der Waals surface area (Å²) in [5.74, 6) is -1.91. The topological polar surface area (TPSA) is 193 Å². The molecule has 3 fully saturated rings. The quantitative estimate of drug-likeness (QED) is 0.201. The maximum absolute atomic E-state index is 14.8. The molecule has 56 heavy (non-hydrogen) atoms. The number of amides is 3. The molecule has 0 radical (unpaired) electrons. The first-order valence-electron chi connectivity index (χ1n) is 18.1. The third-order valence-corrected chi connectivity index (χ3v) is 14.3. The van der Waals surface area contributed by atoms with Gasteiger partial charge < -0.3 is 25.0 Å². The Morgan fingerprint density at radius 3 is 2.41 bits per heavy atom. The maximum atomic E-state index is 14.8. The average molecular weight is 831 g/mol. The van der Waals surface area contributed by atoms with E-state index < -0.39 is 78.1 Å². The average Bonchev–Trinajstić information content (AvgIpc) is 4.07. The largest absolute Gasteiger partial charge is 0.494 e. The third kappa shape index (κ3) is 8.17. The van der Waals surface area contributed by atoms with Gasteiger partial charge >= 0.3 is 0 Å². The van der Waals surface area contributed by atoms with E-state index in [-0.39, 0.29) is 30.2 Å². The van der Waals surface area contributed by atoms with Crippen LogP contribution in [0, 0.1) is 11.3 Å². The van der Waals surface area contributed by atoms with Crippen LogP contribution < -0.4 is 24.8 Å². The zero-order chi connectivity index (χ0) is 41.0. The summed E-state index contributed by atoms with van der Waals surface area (Å²) < 4.78 is 66.6. The number of fused-ring (bicyclic) bond motifs is 1. The van der Waals surface area contributed by atoms with Crippen LogP contribution in [0.2, 0.25) is 5.02 Å². The highest BCUT2D eigenvalue weighted by Crippen LogP contribution is 2.46. The zero-order valence-electron chi connectivity index (χ0n) is 32.0. The van der Waals surface area contributed by atoms with E-state index in [9.17, 15) is 31.2 Å². The van der Waals surface area contributed by atoms with Crippen molar-refractivity contribution in [2.24, 2.45) is 11.3 Å². The predicted octanol–water partition coefficient (Wildman–Crippen LogP) is 3.69. The molecule has 2 saturated carbocycles. The van der Waals surface area contributed by atoms with Crippen molar-refractivity contribution in [1.82, 2.24) is 24.2 Å². The summed E-state index contributed by atoms with van der Waals surface area (Å²) in [6.45, 7) is 9.20. The van der Waals surface area contributed by atoms with Gasteiger partial charge in [0, 0.05) is 47.9 Å². The molecule has 3 amide bonds. The number of sulfonamides is 2. The van der Waals surface area contributed by atoms with E-state index >= 15 is 0 Å². The van der Waals surface area contributed by atoms with Gasteiger partial charge in [-0.1, -0.05) is 44.5 Å². The van der Waals surface area contributed by atoms with Crippen LogP contribution in [0.4, 0.5) is 5.69 Å². The van der Waals surface area contributed by atoms with Crippen LogP contribution in [-0.4, -0.2) is 105 Å². The lowest BCUT2D eigenvalue weighted by molar-refractivity contribution is -0.141. The number of halogens is 1. The van der Waals surface area contributed by atoms with Crippen molar-refractivity contribution in [2.75, 3.05) is 33.1 Å². The van der Waals surface area contributed by atoms with E-state index in [1.54, 1.807) is 30.3 Å². The normalized spacial score (nSPS) is 23.0. The van der Waals surface area contributed by atoms with E-state index in [0.717, 1.165) is 4.31 Å². The molecule has 15 nitrogen and oxygen atoms in total. The minimum absolute atomic E-state index is 0.0163. The number of aromatic nitrogens is 1. The Hall–Kier alpha value is -4.45. The summed E-state index contributed by atoms with van der Waals surface area (Å²) in [4.78, 5) is 48.7. The Morgan fingerprint density at radius 2 is 1.80 bits per heavy atom. The molecule has 0 spiro atoms. The Morgan fingerprint density at radius 1 is 1.09 bits per heavy atom. The van der Waals surface area contributed by atoms with Crippen molar-refractivity contribution >= 4 is 65.8 Å². The number of nitrogens with one attached hydrogen (secondary N) is 3. The highest BCUT2D eigenvalue weighted by molar-refractivity contribution is 7.91. The summed E-state index contributed by atoms with van der Waals surface area (Å²) in [6.07, 6.45) is 3.20. The lowest BCUT2D eigenvalue weighted by Gasteiger charge is -2.36. The number of hydrogen-bond acceptors (Lipinski definition) is 11. The highest BCUT2D eigenvalue weighted by Gasteiger charge is 2.62. The van der Waals surface area contributed by atoms with E-state index in [1.165, 1.54) is 50.5 Å². The molecule has 3 aliphatic rings. The number of methoxy groups -OCH3 is 1. The molecule has 3 N–H and O–H groups in total. The van der Waals surface area contributed by atoms with Gasteiger partial charge in [0.15, 0.2) is 0 Å². The second-order valence-corrected chi connectivity index (χ2v) is 20.3. The molecule has 18 heteroatoms. The molecule has 5 atom stereocenters. The van der Waals surface area contributed by atoms with Gasteiger partial charge in [0.2, 0.25) is 37.7 Å². The number of hydrogen-bond donors (Lipinski definition) is 3. The van der Waals surface area contributed by atoms with Crippen LogP contribution in [0.1, 0.15) is 46.5 Å². The predicted molar refractivity (Wildman–Crippen MR) is 211 cm³/mol. The minimum Gasteiger partial charge on any atom is -0.494 e. The Bertz CT molecular complexity index is 2300. The second-order valence-electron chi connectivity index (χ2n) is 15.7. The standard InChI is InChI=1S/C38H47ClN6O9S2/c1-8-22-19-38(22,36(48)43-55(49,50)26-13-14-26)42-33(46)30-18-25(54-34-29-16-23(39)12-15-28(29)31(53-7)20-40-34)21-45(30)35(47)32(37(2,3)4)41-24-10-9-11-27(17-24)56(51,52)44(5)6/h8-12,15-17,20,22,25-26,30,32,41H,1,13-14,18-19,21H2,2-7H3,(H,42,46)(H,43,48)/t22-,25-,30+,32-,38-/m1/s1. The molecule has 1 aromatic heterocycles. The molecule has 2 heterocycles. The highest BCUT2D eigenvalue weighted by atomic mass is 35.5. The number of ether oxygens (including phenoxy) is 2. The summed E-state index contributed by atoms with van der Waals surface area (Å²) in [6, 6.07) is 9.08. The number of carbonyl (C=O) groups excluding carboxylic acids is 3. The van der Waals surface area contributed by atoms with E-state index in [1.807, 2.05) is 20.8 Å². The number of benzene rings is 2. The van der Waals surface area contributed by atoms with Crippen LogP contribution in [0.3, 0.4) is 0 Å². The number of rotatable bonds is 14. The van der Waals surface area contributed by atoms with Gasteiger partial charge in [0.05, 0.1) is 30.0 Å². The number of likely N-dealkylation sites (tertiary alicyclic amines) is 1. The minimum atomic E-state index is -3.93. The van der Waals surface area contributed by atoms with Crippen molar-refractivity contribution in [1.29, 1.82) is 0 Å². The Labute approximate surface area is 332 Å². The molecule has 2 aliphatic carbocycles. The van der Waals surface area contributed by atoms with Gasteiger partial charge in [-0.2, -0.15) is 0 Å². The zero-order valence-corrected chi connectivity index (χ0v) is 34.4. The number of anilines is 1. The van der Waals surface area contributed by atoms with Crippen LogP contribution in [-0.2, 0) is 34.4 Å². The molecular weight excluding hydrogens is 784 g/mol. The fourth-order valence-electron chi connectivity index (χ4n) is 6.91. The van der Waals surface area contributed by atoms with Gasteiger partial charge in [0.1, 0.15) is 29.5 Å². The van der Waals surface area contributed by atoms with Gasteiger partial charge in [-0.25, -0.2) is 26.1 Å². The van der Waals surface area contributed by atoms with E-state index in [4.69, 9.17) is 21.1 Å². The molecule has 0 unspecified atom stereocenters. The molecule has 1 saturated heterocycles. The second kappa shape index (κ2) is 15.1. The lowest BCUT2D eigenvalue weighted by atomic mass is 9.85. The van der Waals surface area contributed by atoms with Crippen molar-refractivity contribution in [3.63, 3.8) is 0 Å².